The fraction of sp³-hybridized carbons (Fsp3) is 0. The molecule has 0 fully saturated rings. The first-order valence-corrected chi connectivity index (χ1v) is 5.47. The van der Waals surface area contributed by atoms with E-state index in [0.717, 1.165) is 6.20 Å². The molecule has 0 bridgehead atoms. The molecule has 2 aromatic rings. The number of hydrogen-bond donors (Lipinski definition) is 1. The predicted octanol–water partition coefficient (Wildman–Crippen LogP) is 1.70. The van der Waals surface area contributed by atoms with Gasteiger partial charge in [-0.15, -0.1) is 0 Å². The highest BCUT2D eigenvalue weighted by molar-refractivity contribution is 6.46. The van der Waals surface area contributed by atoms with Crippen molar-refractivity contribution in [2.45, 2.75) is 0 Å². The van der Waals surface area contributed by atoms with Gasteiger partial charge in [-0.3, -0.25) is 0 Å². The summed E-state index contributed by atoms with van der Waals surface area (Å²) in [5, 5.41) is -0.411. The summed E-state index contributed by atoms with van der Waals surface area (Å²) in [5.41, 5.74) is 4.27. The van der Waals surface area contributed by atoms with E-state index in [2.05, 4.69) is 15.0 Å². The summed E-state index contributed by atoms with van der Waals surface area (Å²) >= 11 is 17.0. The van der Waals surface area contributed by atoms with Crippen LogP contribution in [0.15, 0.2) is 11.0 Å². The molecule has 94 valence electrons. The van der Waals surface area contributed by atoms with Gasteiger partial charge in [0.25, 0.3) is 0 Å². The number of aromatic nitrogens is 4. The number of anilines is 1. The second-order valence-electron chi connectivity index (χ2n) is 3.05. The van der Waals surface area contributed by atoms with Gasteiger partial charge < -0.3 is 5.73 Å². The topological polar surface area (TPSA) is 86.7 Å². The van der Waals surface area contributed by atoms with Crippen LogP contribution in [0.3, 0.4) is 0 Å². The van der Waals surface area contributed by atoms with Crippen LogP contribution in [-0.4, -0.2) is 19.5 Å². The van der Waals surface area contributed by atoms with Crippen LogP contribution in [0, 0.1) is 5.82 Å². The standard InChI is InChI=1S/C8H3Cl3FN5O/c9-3-4(10)14-7(15-5(3)11)17-1-2(12)6(13)16-8(17)18/h1H,(H2,13,16,18). The lowest BCUT2D eigenvalue weighted by molar-refractivity contribution is 0.604. The lowest BCUT2D eigenvalue weighted by Gasteiger charge is -2.06. The second-order valence-corrected chi connectivity index (χ2v) is 4.14. The zero-order valence-electron chi connectivity index (χ0n) is 8.36. The van der Waals surface area contributed by atoms with E-state index < -0.39 is 17.3 Å². The summed E-state index contributed by atoms with van der Waals surface area (Å²) in [4.78, 5) is 22.1. The Morgan fingerprint density at radius 2 is 1.72 bits per heavy atom. The quantitative estimate of drug-likeness (QED) is 0.810. The molecular formula is C8H3Cl3FN5O. The number of nitrogen functional groups attached to an aromatic ring is 1. The van der Waals surface area contributed by atoms with Crippen LogP contribution in [0.1, 0.15) is 0 Å². The molecule has 0 amide bonds. The molecule has 2 aromatic heterocycles. The maximum Gasteiger partial charge on any atom is 0.356 e. The smallest absolute Gasteiger partial charge is 0.356 e. The number of nitrogens with zero attached hydrogens (tertiary/aromatic N) is 4. The average molecular weight is 311 g/mol. The summed E-state index contributed by atoms with van der Waals surface area (Å²) in [7, 11) is 0. The molecule has 10 heteroatoms. The van der Waals surface area contributed by atoms with E-state index in [0.29, 0.717) is 4.57 Å². The van der Waals surface area contributed by atoms with Gasteiger partial charge in [-0.25, -0.2) is 13.8 Å². The number of rotatable bonds is 1. The van der Waals surface area contributed by atoms with Crippen LogP contribution >= 0.6 is 34.8 Å². The first-order chi connectivity index (χ1) is 8.40. The van der Waals surface area contributed by atoms with Crippen LogP contribution < -0.4 is 11.4 Å². The fourth-order valence-corrected chi connectivity index (χ4v) is 1.54. The summed E-state index contributed by atoms with van der Waals surface area (Å²) in [6, 6.07) is 0. The van der Waals surface area contributed by atoms with Crippen molar-refractivity contribution in [3.63, 3.8) is 0 Å². The van der Waals surface area contributed by atoms with Gasteiger partial charge >= 0.3 is 5.69 Å². The Labute approximate surface area is 114 Å². The Balaban J connectivity index is 2.70. The molecule has 0 unspecified atom stereocenters. The monoisotopic (exact) mass is 309 g/mol. The summed E-state index contributed by atoms with van der Waals surface area (Å²) < 4.78 is 13.9. The molecule has 18 heavy (non-hydrogen) atoms. The zero-order valence-corrected chi connectivity index (χ0v) is 10.6. The van der Waals surface area contributed by atoms with E-state index >= 15 is 0 Å². The van der Waals surface area contributed by atoms with Crippen molar-refractivity contribution in [1.29, 1.82) is 0 Å². The van der Waals surface area contributed by atoms with Gasteiger partial charge in [-0.1, -0.05) is 34.8 Å². The Morgan fingerprint density at radius 3 is 2.28 bits per heavy atom. The minimum absolute atomic E-state index is 0.0704. The van der Waals surface area contributed by atoms with Gasteiger partial charge in [-0.05, 0) is 0 Å². The SMILES string of the molecule is Nc1nc(=O)n(-c2nc(Cl)c(Cl)c(Cl)n2)cc1F. The summed E-state index contributed by atoms with van der Waals surface area (Å²) in [6.45, 7) is 0. The van der Waals surface area contributed by atoms with Crippen LogP contribution in [0.25, 0.3) is 5.95 Å². The van der Waals surface area contributed by atoms with Gasteiger partial charge in [0.05, 0.1) is 6.20 Å². The number of nitrogens with two attached hydrogens (primary N) is 1. The van der Waals surface area contributed by atoms with Crippen molar-refractivity contribution in [2.75, 3.05) is 5.73 Å². The van der Waals surface area contributed by atoms with E-state index in [-0.39, 0.29) is 21.3 Å². The average Bonchev–Trinajstić information content (AvgIpc) is 2.30. The Kier molecular flexibility index (Phi) is 3.38. The Hall–Kier alpha value is -1.44. The van der Waals surface area contributed by atoms with Crippen molar-refractivity contribution < 1.29 is 4.39 Å². The molecule has 0 spiro atoms. The highest BCUT2D eigenvalue weighted by atomic mass is 35.5. The van der Waals surface area contributed by atoms with Crippen molar-refractivity contribution in [3.05, 3.63) is 37.8 Å². The molecule has 0 aliphatic rings. The molecule has 0 aliphatic carbocycles. The maximum atomic E-state index is 13.2. The minimum Gasteiger partial charge on any atom is -0.381 e. The Morgan fingerprint density at radius 1 is 1.17 bits per heavy atom. The zero-order chi connectivity index (χ0) is 13.4. The highest BCUT2D eigenvalue weighted by Crippen LogP contribution is 2.26. The first-order valence-electron chi connectivity index (χ1n) is 4.33. The Bertz CT molecular complexity index is 666. The van der Waals surface area contributed by atoms with Gasteiger partial charge in [0.15, 0.2) is 21.9 Å². The molecule has 0 atom stereocenters. The van der Waals surface area contributed by atoms with Crippen LogP contribution in [0.5, 0.6) is 0 Å². The summed E-state index contributed by atoms with van der Waals surface area (Å²) in [6.07, 6.45) is 0.778. The number of halogens is 4. The second kappa shape index (κ2) is 4.68. The van der Waals surface area contributed by atoms with E-state index in [9.17, 15) is 9.18 Å². The molecule has 2 N–H and O–H groups in total. The van der Waals surface area contributed by atoms with Crippen molar-refractivity contribution in [3.8, 4) is 5.95 Å². The van der Waals surface area contributed by atoms with Crippen LogP contribution in [-0.2, 0) is 0 Å². The minimum atomic E-state index is -0.902. The predicted molar refractivity (Wildman–Crippen MR) is 64.8 cm³/mol. The maximum absolute atomic E-state index is 13.2. The van der Waals surface area contributed by atoms with Gasteiger partial charge in [0.2, 0.25) is 5.95 Å². The molecular weight excluding hydrogens is 307 g/mol. The number of hydrogen-bond acceptors (Lipinski definition) is 5. The van der Waals surface area contributed by atoms with Gasteiger partial charge in [0, 0.05) is 0 Å². The molecule has 6 nitrogen and oxygen atoms in total. The third-order valence-corrected chi connectivity index (χ3v) is 2.98. The normalized spacial score (nSPS) is 10.7. The van der Waals surface area contributed by atoms with Crippen molar-refractivity contribution in [1.82, 2.24) is 19.5 Å². The highest BCUT2D eigenvalue weighted by Gasteiger charge is 2.14. The molecule has 0 radical (unpaired) electrons. The van der Waals surface area contributed by atoms with Gasteiger partial charge in [0.1, 0.15) is 5.02 Å². The summed E-state index contributed by atoms with van der Waals surface area (Å²) in [5.74, 6) is -1.69. The molecule has 0 aromatic carbocycles. The molecule has 0 aliphatic heterocycles. The van der Waals surface area contributed by atoms with Gasteiger partial charge in [-0.2, -0.15) is 15.0 Å². The van der Waals surface area contributed by atoms with E-state index in [4.69, 9.17) is 40.5 Å². The van der Waals surface area contributed by atoms with Crippen LogP contribution in [0.2, 0.25) is 15.3 Å². The largest absolute Gasteiger partial charge is 0.381 e. The van der Waals surface area contributed by atoms with Crippen molar-refractivity contribution >= 4 is 40.6 Å². The van der Waals surface area contributed by atoms with E-state index in [1.54, 1.807) is 0 Å². The fourth-order valence-electron chi connectivity index (χ4n) is 1.08. The van der Waals surface area contributed by atoms with Crippen molar-refractivity contribution in [2.24, 2.45) is 0 Å². The third-order valence-electron chi connectivity index (χ3n) is 1.88. The molecule has 2 rings (SSSR count). The first kappa shape index (κ1) is 13.0. The van der Waals surface area contributed by atoms with E-state index in [1.807, 2.05) is 0 Å². The lowest BCUT2D eigenvalue weighted by Crippen LogP contribution is -2.25. The lowest BCUT2D eigenvalue weighted by atomic mass is 10.5. The molecule has 2 heterocycles. The van der Waals surface area contributed by atoms with E-state index in [1.165, 1.54) is 0 Å². The van der Waals surface area contributed by atoms with Crippen LogP contribution in [0.4, 0.5) is 10.2 Å². The third kappa shape index (κ3) is 2.24. The molecule has 0 saturated carbocycles. The molecule has 0 saturated heterocycles.